The van der Waals surface area contributed by atoms with Gasteiger partial charge in [0.25, 0.3) is 11.8 Å². The third-order valence-electron chi connectivity index (χ3n) is 4.83. The quantitative estimate of drug-likeness (QED) is 0.551. The van der Waals surface area contributed by atoms with E-state index in [1.54, 1.807) is 24.3 Å². The van der Waals surface area contributed by atoms with Crippen molar-refractivity contribution in [2.24, 2.45) is 5.92 Å². The van der Waals surface area contributed by atoms with Gasteiger partial charge in [0.15, 0.2) is 0 Å². The molecule has 0 saturated heterocycles. The molecule has 0 aromatic heterocycles. The second-order valence-electron chi connectivity index (χ2n) is 7.62. The number of rotatable bonds is 8. The Morgan fingerprint density at radius 3 is 2.14 bits per heavy atom. The summed E-state index contributed by atoms with van der Waals surface area (Å²) in [5, 5.41) is 2.80. The molecular weight excluding hydrogens is 368 g/mol. The molecule has 29 heavy (non-hydrogen) atoms. The maximum Gasteiger partial charge on any atom is 0.262 e. The van der Waals surface area contributed by atoms with Crippen molar-refractivity contribution in [3.8, 4) is 5.75 Å². The Balaban J connectivity index is 1.64. The molecule has 0 spiro atoms. The Labute approximate surface area is 170 Å². The molecule has 0 radical (unpaired) electrons. The van der Waals surface area contributed by atoms with E-state index >= 15 is 0 Å². The van der Waals surface area contributed by atoms with E-state index in [0.717, 1.165) is 16.2 Å². The number of nitrogens with one attached hydrogen (secondary N) is 1. The number of carbonyl (C=O) groups is 3. The van der Waals surface area contributed by atoms with E-state index in [2.05, 4.69) is 5.32 Å². The molecule has 0 aliphatic carbocycles. The Morgan fingerprint density at radius 1 is 1.00 bits per heavy atom. The van der Waals surface area contributed by atoms with Crippen molar-refractivity contribution < 1.29 is 19.1 Å². The van der Waals surface area contributed by atoms with Crippen molar-refractivity contribution in [1.82, 2.24) is 10.2 Å². The first-order valence-electron chi connectivity index (χ1n) is 9.82. The SMILES string of the molecule is Cc1ccc(OCCNC(=O)C(CC(C)C)N2C(=O)c3ccccc3C2=O)cc1. The summed E-state index contributed by atoms with van der Waals surface area (Å²) in [7, 11) is 0. The van der Waals surface area contributed by atoms with Gasteiger partial charge >= 0.3 is 0 Å². The molecule has 0 bridgehead atoms. The van der Waals surface area contributed by atoms with Gasteiger partial charge in [-0.25, -0.2) is 0 Å². The maximum atomic E-state index is 12.9. The van der Waals surface area contributed by atoms with Gasteiger partial charge in [0.05, 0.1) is 17.7 Å². The molecule has 6 nitrogen and oxygen atoms in total. The largest absolute Gasteiger partial charge is 0.492 e. The van der Waals surface area contributed by atoms with E-state index in [1.165, 1.54) is 0 Å². The minimum absolute atomic E-state index is 0.138. The van der Waals surface area contributed by atoms with Crippen LogP contribution >= 0.6 is 0 Å². The van der Waals surface area contributed by atoms with Gasteiger partial charge in [0.2, 0.25) is 5.91 Å². The molecule has 1 heterocycles. The highest BCUT2D eigenvalue weighted by Gasteiger charge is 2.42. The fraction of sp³-hybridized carbons (Fsp3) is 0.348. The summed E-state index contributed by atoms with van der Waals surface area (Å²) in [5.74, 6) is -0.312. The van der Waals surface area contributed by atoms with Crippen molar-refractivity contribution in [2.75, 3.05) is 13.2 Å². The number of aryl methyl sites for hydroxylation is 1. The minimum atomic E-state index is -0.846. The van der Waals surface area contributed by atoms with Crippen LogP contribution in [0.3, 0.4) is 0 Å². The van der Waals surface area contributed by atoms with E-state index < -0.39 is 17.9 Å². The first-order valence-corrected chi connectivity index (χ1v) is 9.82. The zero-order valence-corrected chi connectivity index (χ0v) is 17.0. The van der Waals surface area contributed by atoms with E-state index in [4.69, 9.17) is 4.74 Å². The van der Waals surface area contributed by atoms with Crippen LogP contribution in [0.2, 0.25) is 0 Å². The predicted octanol–water partition coefficient (Wildman–Crippen LogP) is 3.20. The van der Waals surface area contributed by atoms with Gasteiger partial charge in [-0.2, -0.15) is 0 Å². The van der Waals surface area contributed by atoms with Gasteiger partial charge in [-0.15, -0.1) is 0 Å². The highest BCUT2D eigenvalue weighted by Crippen LogP contribution is 2.27. The number of ether oxygens (including phenoxy) is 1. The predicted molar refractivity (Wildman–Crippen MR) is 110 cm³/mol. The summed E-state index contributed by atoms with van der Waals surface area (Å²) in [6.45, 7) is 6.49. The molecule has 1 aliphatic heterocycles. The van der Waals surface area contributed by atoms with Crippen LogP contribution < -0.4 is 10.1 Å². The topological polar surface area (TPSA) is 75.7 Å². The third-order valence-corrected chi connectivity index (χ3v) is 4.83. The summed E-state index contributed by atoms with van der Waals surface area (Å²) in [6, 6.07) is 13.5. The lowest BCUT2D eigenvalue weighted by atomic mass is 10.0. The summed E-state index contributed by atoms with van der Waals surface area (Å²) in [6.07, 6.45) is 0.399. The van der Waals surface area contributed by atoms with Gasteiger partial charge in [-0.1, -0.05) is 43.7 Å². The Morgan fingerprint density at radius 2 is 1.59 bits per heavy atom. The van der Waals surface area contributed by atoms with Gasteiger partial charge < -0.3 is 10.1 Å². The first kappa shape index (κ1) is 20.6. The highest BCUT2D eigenvalue weighted by molar-refractivity contribution is 6.22. The lowest BCUT2D eigenvalue weighted by Crippen LogP contribution is -2.50. The van der Waals surface area contributed by atoms with Crippen LogP contribution in [0.1, 0.15) is 46.5 Å². The normalized spacial score (nSPS) is 14.1. The lowest BCUT2D eigenvalue weighted by molar-refractivity contribution is -0.125. The van der Waals surface area contributed by atoms with Crippen molar-refractivity contribution in [3.05, 3.63) is 65.2 Å². The molecule has 1 aliphatic rings. The summed E-state index contributed by atoms with van der Waals surface area (Å²) < 4.78 is 5.63. The number of fused-ring (bicyclic) bond motifs is 1. The molecule has 3 rings (SSSR count). The van der Waals surface area contributed by atoms with Gasteiger partial charge in [-0.3, -0.25) is 19.3 Å². The van der Waals surface area contributed by atoms with Crippen LogP contribution in [0.5, 0.6) is 5.75 Å². The van der Waals surface area contributed by atoms with Crippen molar-refractivity contribution in [1.29, 1.82) is 0 Å². The summed E-state index contributed by atoms with van der Waals surface area (Å²) >= 11 is 0. The Hall–Kier alpha value is -3.15. The van der Waals surface area contributed by atoms with Gasteiger partial charge in [0.1, 0.15) is 18.4 Å². The fourth-order valence-electron chi connectivity index (χ4n) is 3.36. The summed E-state index contributed by atoms with van der Waals surface area (Å²) in [4.78, 5) is 39.5. The van der Waals surface area contributed by atoms with Crippen LogP contribution in [0.4, 0.5) is 0 Å². The van der Waals surface area contributed by atoms with Crippen molar-refractivity contribution >= 4 is 17.7 Å². The van der Waals surface area contributed by atoms with Crippen molar-refractivity contribution in [2.45, 2.75) is 33.2 Å². The van der Waals surface area contributed by atoms with Crippen molar-refractivity contribution in [3.63, 3.8) is 0 Å². The highest BCUT2D eigenvalue weighted by atomic mass is 16.5. The number of imide groups is 1. The van der Waals surface area contributed by atoms with Crippen LogP contribution in [0, 0.1) is 12.8 Å². The Bertz CT molecular complexity index is 870. The molecule has 0 saturated carbocycles. The average Bonchev–Trinajstić information content (AvgIpc) is 2.95. The summed E-state index contributed by atoms with van der Waals surface area (Å²) in [5.41, 5.74) is 1.84. The molecule has 152 valence electrons. The number of hydrogen-bond donors (Lipinski definition) is 1. The van der Waals surface area contributed by atoms with E-state index in [1.807, 2.05) is 45.0 Å². The number of benzene rings is 2. The smallest absolute Gasteiger partial charge is 0.262 e. The third kappa shape index (κ3) is 4.65. The first-order chi connectivity index (χ1) is 13.9. The second kappa shape index (κ2) is 8.90. The van der Waals surface area contributed by atoms with Crippen LogP contribution in [-0.4, -0.2) is 41.8 Å². The number of carbonyl (C=O) groups excluding carboxylic acids is 3. The van der Waals surface area contributed by atoms with E-state index in [9.17, 15) is 14.4 Å². The number of nitrogens with zero attached hydrogens (tertiary/aromatic N) is 1. The van der Waals surface area contributed by atoms with E-state index in [-0.39, 0.29) is 18.4 Å². The van der Waals surface area contributed by atoms with E-state index in [0.29, 0.717) is 24.2 Å². The van der Waals surface area contributed by atoms with Gasteiger partial charge in [-0.05, 0) is 43.5 Å². The molecule has 6 heteroatoms. The van der Waals surface area contributed by atoms with Gasteiger partial charge in [0, 0.05) is 0 Å². The fourth-order valence-corrected chi connectivity index (χ4v) is 3.36. The van der Waals surface area contributed by atoms with Crippen LogP contribution in [-0.2, 0) is 4.79 Å². The second-order valence-corrected chi connectivity index (χ2v) is 7.62. The standard InChI is InChI=1S/C23H26N2O4/c1-15(2)14-20(25-22(27)18-6-4-5-7-19(18)23(25)28)21(26)24-12-13-29-17-10-8-16(3)9-11-17/h4-11,15,20H,12-14H2,1-3H3,(H,24,26). The zero-order valence-electron chi connectivity index (χ0n) is 17.0. The molecular formula is C23H26N2O4. The zero-order chi connectivity index (χ0) is 21.0. The molecule has 2 aromatic rings. The minimum Gasteiger partial charge on any atom is -0.492 e. The molecule has 3 amide bonds. The maximum absolute atomic E-state index is 12.9. The molecule has 1 N–H and O–H groups in total. The average molecular weight is 394 g/mol. The van der Waals surface area contributed by atoms with Crippen LogP contribution in [0.25, 0.3) is 0 Å². The monoisotopic (exact) mass is 394 g/mol. The number of amides is 3. The lowest BCUT2D eigenvalue weighted by Gasteiger charge is -2.26. The molecule has 1 atom stereocenters. The molecule has 1 unspecified atom stereocenters. The molecule has 2 aromatic carbocycles. The Kier molecular flexibility index (Phi) is 6.32. The van der Waals surface area contributed by atoms with Crippen LogP contribution in [0.15, 0.2) is 48.5 Å². The molecule has 0 fully saturated rings. The number of hydrogen-bond acceptors (Lipinski definition) is 4.